The number of anilines is 2. The highest BCUT2D eigenvalue weighted by atomic mass is 35.5. The lowest BCUT2D eigenvalue weighted by Crippen LogP contribution is -2.31. The highest BCUT2D eigenvalue weighted by Gasteiger charge is 2.20. The van der Waals surface area contributed by atoms with Gasteiger partial charge in [0, 0.05) is 40.5 Å². The molecule has 2 heterocycles. The summed E-state index contributed by atoms with van der Waals surface area (Å²) < 4.78 is 1.56. The molecule has 4 N–H and O–H groups in total. The van der Waals surface area contributed by atoms with Crippen molar-refractivity contribution in [2.75, 3.05) is 17.6 Å². The molecule has 32 heavy (non-hydrogen) atoms. The normalized spacial score (nSPS) is 10.7. The maximum atomic E-state index is 12.6. The number of nitrogens with two attached hydrogens (primary N) is 1. The fraction of sp³-hybridized carbons (Fsp3) is 0.0870. The van der Waals surface area contributed by atoms with Gasteiger partial charge in [-0.1, -0.05) is 41.4 Å². The van der Waals surface area contributed by atoms with E-state index < -0.39 is 6.03 Å². The molecule has 0 unspecified atom stereocenters. The summed E-state index contributed by atoms with van der Waals surface area (Å²) in [5, 5.41) is 11.5. The molecular weight excluding hydrogens is 447 g/mol. The number of nitrogens with zero attached hydrogens (tertiary/aromatic N) is 3. The second-order valence-electron chi connectivity index (χ2n) is 6.96. The average Bonchev–Trinajstić information content (AvgIpc) is 3.11. The van der Waals surface area contributed by atoms with E-state index in [1.165, 1.54) is 0 Å². The Hall–Kier alpha value is -3.55. The van der Waals surface area contributed by atoms with Gasteiger partial charge in [-0.2, -0.15) is 5.10 Å². The SMILES string of the molecule is Nc1c(NC(=O)NCCc2ccccn2)c(-c2ccc(Cl)cc2)nn1-c1ccc(Cl)cc1. The van der Waals surface area contributed by atoms with Crippen LogP contribution in [-0.2, 0) is 6.42 Å². The molecule has 0 saturated heterocycles. The summed E-state index contributed by atoms with van der Waals surface area (Å²) in [6.07, 6.45) is 2.33. The molecule has 0 aliphatic carbocycles. The molecule has 0 spiro atoms. The molecule has 4 aromatic rings. The van der Waals surface area contributed by atoms with E-state index in [9.17, 15) is 4.79 Å². The van der Waals surface area contributed by atoms with Crippen LogP contribution in [0.1, 0.15) is 5.69 Å². The van der Waals surface area contributed by atoms with E-state index in [0.717, 1.165) is 11.3 Å². The van der Waals surface area contributed by atoms with Crippen molar-refractivity contribution in [2.24, 2.45) is 0 Å². The van der Waals surface area contributed by atoms with Crippen LogP contribution >= 0.6 is 23.2 Å². The van der Waals surface area contributed by atoms with Crippen LogP contribution in [0.4, 0.5) is 16.3 Å². The predicted octanol–water partition coefficient (Wildman–Crippen LogP) is 5.19. The molecule has 7 nitrogen and oxygen atoms in total. The number of hydrogen-bond donors (Lipinski definition) is 3. The smallest absolute Gasteiger partial charge is 0.319 e. The molecule has 2 aromatic heterocycles. The van der Waals surface area contributed by atoms with Gasteiger partial charge in [-0.15, -0.1) is 0 Å². The number of nitrogen functional groups attached to an aromatic ring is 1. The zero-order valence-electron chi connectivity index (χ0n) is 16.9. The van der Waals surface area contributed by atoms with Crippen molar-refractivity contribution in [3.05, 3.63) is 88.7 Å². The van der Waals surface area contributed by atoms with E-state index >= 15 is 0 Å². The summed E-state index contributed by atoms with van der Waals surface area (Å²) in [5.41, 5.74) is 9.69. The van der Waals surface area contributed by atoms with Crippen LogP contribution in [0.25, 0.3) is 16.9 Å². The van der Waals surface area contributed by atoms with Crippen molar-refractivity contribution < 1.29 is 4.79 Å². The van der Waals surface area contributed by atoms with Gasteiger partial charge in [0.25, 0.3) is 0 Å². The molecule has 0 fully saturated rings. The van der Waals surface area contributed by atoms with Gasteiger partial charge in [-0.05, 0) is 48.5 Å². The second kappa shape index (κ2) is 9.72. The number of urea groups is 1. The topological polar surface area (TPSA) is 97.9 Å². The third-order valence-electron chi connectivity index (χ3n) is 4.74. The fourth-order valence-corrected chi connectivity index (χ4v) is 3.40. The molecule has 0 aliphatic rings. The number of aromatic nitrogens is 3. The number of nitrogens with one attached hydrogen (secondary N) is 2. The highest BCUT2D eigenvalue weighted by Crippen LogP contribution is 2.34. The zero-order valence-corrected chi connectivity index (χ0v) is 18.4. The van der Waals surface area contributed by atoms with Gasteiger partial charge in [-0.25, -0.2) is 9.48 Å². The van der Waals surface area contributed by atoms with Gasteiger partial charge in [0.05, 0.1) is 5.69 Å². The molecule has 0 atom stereocenters. The molecule has 9 heteroatoms. The molecular formula is C23H20Cl2N6O. The quantitative estimate of drug-likeness (QED) is 0.364. The van der Waals surface area contributed by atoms with Gasteiger partial charge >= 0.3 is 6.03 Å². The predicted molar refractivity (Wildman–Crippen MR) is 128 cm³/mol. The van der Waals surface area contributed by atoms with Crippen LogP contribution < -0.4 is 16.4 Å². The van der Waals surface area contributed by atoms with Gasteiger partial charge in [0.2, 0.25) is 0 Å². The lowest BCUT2D eigenvalue weighted by Gasteiger charge is -2.09. The first-order valence-corrected chi connectivity index (χ1v) is 10.6. The summed E-state index contributed by atoms with van der Waals surface area (Å²) in [5.74, 6) is 0.289. The minimum absolute atomic E-state index is 0.289. The lowest BCUT2D eigenvalue weighted by atomic mass is 10.1. The van der Waals surface area contributed by atoms with Crippen molar-refractivity contribution in [1.82, 2.24) is 20.1 Å². The second-order valence-corrected chi connectivity index (χ2v) is 7.83. The van der Waals surface area contributed by atoms with Crippen LogP contribution in [0, 0.1) is 0 Å². The van der Waals surface area contributed by atoms with E-state index in [0.29, 0.717) is 40.1 Å². The summed E-state index contributed by atoms with van der Waals surface area (Å²) >= 11 is 12.0. The summed E-state index contributed by atoms with van der Waals surface area (Å²) in [6, 6.07) is 19.5. The van der Waals surface area contributed by atoms with E-state index in [1.54, 1.807) is 47.3 Å². The Morgan fingerprint density at radius 2 is 1.66 bits per heavy atom. The Bertz CT molecular complexity index is 1210. The van der Waals surface area contributed by atoms with Crippen LogP contribution in [0.3, 0.4) is 0 Å². The Balaban J connectivity index is 1.59. The zero-order chi connectivity index (χ0) is 22.5. The van der Waals surface area contributed by atoms with Crippen molar-refractivity contribution in [3.8, 4) is 16.9 Å². The molecule has 0 saturated carbocycles. The Kier molecular flexibility index (Phi) is 6.58. The summed E-state index contributed by atoms with van der Waals surface area (Å²) in [4.78, 5) is 16.9. The van der Waals surface area contributed by atoms with Crippen LogP contribution in [0.5, 0.6) is 0 Å². The number of benzene rings is 2. The van der Waals surface area contributed by atoms with Crippen LogP contribution in [0.2, 0.25) is 10.0 Å². The Morgan fingerprint density at radius 1 is 0.969 bits per heavy atom. The monoisotopic (exact) mass is 466 g/mol. The van der Waals surface area contributed by atoms with E-state index in [-0.39, 0.29) is 5.82 Å². The Labute approximate surface area is 195 Å². The summed E-state index contributed by atoms with van der Waals surface area (Å²) in [6.45, 7) is 0.421. The van der Waals surface area contributed by atoms with E-state index in [4.69, 9.17) is 28.9 Å². The van der Waals surface area contributed by atoms with Crippen LogP contribution in [-0.4, -0.2) is 27.3 Å². The maximum Gasteiger partial charge on any atom is 0.319 e. The van der Waals surface area contributed by atoms with Gasteiger partial charge in [0.15, 0.2) is 5.82 Å². The third kappa shape index (κ3) is 5.01. The van der Waals surface area contributed by atoms with Crippen LogP contribution in [0.15, 0.2) is 72.9 Å². The van der Waals surface area contributed by atoms with Gasteiger partial charge in [-0.3, -0.25) is 4.98 Å². The van der Waals surface area contributed by atoms with Crippen molar-refractivity contribution in [2.45, 2.75) is 6.42 Å². The van der Waals surface area contributed by atoms with Crippen molar-refractivity contribution >= 4 is 40.7 Å². The number of carbonyl (C=O) groups excluding carboxylic acids is 1. The largest absolute Gasteiger partial charge is 0.382 e. The molecule has 4 rings (SSSR count). The molecule has 0 bridgehead atoms. The average molecular weight is 467 g/mol. The Morgan fingerprint density at radius 3 is 2.31 bits per heavy atom. The molecule has 0 aliphatic heterocycles. The number of pyridine rings is 1. The first-order chi connectivity index (χ1) is 15.5. The lowest BCUT2D eigenvalue weighted by molar-refractivity contribution is 0.252. The van der Waals surface area contributed by atoms with E-state index in [2.05, 4.69) is 20.7 Å². The number of halogens is 2. The minimum atomic E-state index is -0.390. The minimum Gasteiger partial charge on any atom is -0.382 e. The number of carbonyl (C=O) groups is 1. The number of hydrogen-bond acceptors (Lipinski definition) is 4. The first-order valence-electron chi connectivity index (χ1n) is 9.86. The standard InChI is InChI=1S/C23H20Cl2N6O/c24-16-6-4-15(5-7-16)20-21(22(26)31(30-20)19-10-8-17(25)9-11-19)29-23(32)28-14-12-18-3-1-2-13-27-18/h1-11,13H,12,14,26H2,(H2,28,29,32). The van der Waals surface area contributed by atoms with Gasteiger partial charge in [0.1, 0.15) is 11.4 Å². The molecule has 0 radical (unpaired) electrons. The maximum absolute atomic E-state index is 12.6. The van der Waals surface area contributed by atoms with Gasteiger partial charge < -0.3 is 16.4 Å². The fourth-order valence-electron chi connectivity index (χ4n) is 3.15. The molecule has 2 amide bonds. The number of rotatable bonds is 6. The highest BCUT2D eigenvalue weighted by molar-refractivity contribution is 6.30. The van der Waals surface area contributed by atoms with Crippen molar-refractivity contribution in [1.29, 1.82) is 0 Å². The first kappa shape index (κ1) is 21.7. The van der Waals surface area contributed by atoms with E-state index in [1.807, 2.05) is 30.3 Å². The molecule has 162 valence electrons. The summed E-state index contributed by atoms with van der Waals surface area (Å²) in [7, 11) is 0. The number of amides is 2. The third-order valence-corrected chi connectivity index (χ3v) is 5.25. The molecule has 2 aromatic carbocycles. The van der Waals surface area contributed by atoms with Crippen molar-refractivity contribution in [3.63, 3.8) is 0 Å².